The molecule has 0 amide bonds. The second-order valence-corrected chi connectivity index (χ2v) is 14.2. The van der Waals surface area contributed by atoms with Crippen molar-refractivity contribution in [3.8, 4) is 0 Å². The number of carbonyl (C=O) groups excluding carboxylic acids is 2. The van der Waals surface area contributed by atoms with Crippen molar-refractivity contribution < 1.29 is 9.59 Å². The van der Waals surface area contributed by atoms with Gasteiger partial charge in [-0.05, 0) is 96.4 Å². The summed E-state index contributed by atoms with van der Waals surface area (Å²) in [6, 6.07) is 0. The number of ketones is 2. The number of Topliss-reactive ketones (excluding diaryl/α,β-unsaturated/α-hetero) is 1. The van der Waals surface area contributed by atoms with E-state index in [4.69, 9.17) is 0 Å². The highest BCUT2D eigenvalue weighted by Crippen LogP contribution is 2.72. The van der Waals surface area contributed by atoms with Crippen LogP contribution in [0.3, 0.4) is 0 Å². The molecule has 0 heterocycles. The summed E-state index contributed by atoms with van der Waals surface area (Å²) in [4.78, 5) is 25.5. The van der Waals surface area contributed by atoms with Crippen LogP contribution in [0.15, 0.2) is 11.6 Å². The van der Waals surface area contributed by atoms with Crippen molar-refractivity contribution in [1.29, 1.82) is 0 Å². The number of carbonyl (C=O) groups is 2. The van der Waals surface area contributed by atoms with Gasteiger partial charge in [0.1, 0.15) is 5.78 Å². The highest BCUT2D eigenvalue weighted by Gasteiger charge is 2.64. The number of fused-ring (bicyclic) bond motifs is 5. The fourth-order valence-electron chi connectivity index (χ4n) is 8.73. The number of allylic oxidation sites excluding steroid dienone is 2. The monoisotopic (exact) mass is 440 g/mol. The topological polar surface area (TPSA) is 34.1 Å². The van der Waals surface area contributed by atoms with Crippen LogP contribution in [0.2, 0.25) is 0 Å². The Morgan fingerprint density at radius 1 is 1.00 bits per heavy atom. The van der Waals surface area contributed by atoms with E-state index in [1.54, 1.807) is 0 Å². The zero-order valence-corrected chi connectivity index (χ0v) is 22.1. The second kappa shape index (κ2) is 7.81. The molecule has 0 spiro atoms. The van der Waals surface area contributed by atoms with Crippen molar-refractivity contribution in [3.05, 3.63) is 11.6 Å². The molecule has 3 fully saturated rings. The van der Waals surface area contributed by atoms with Crippen LogP contribution in [0.4, 0.5) is 0 Å². The average Bonchev–Trinajstić information content (AvgIpc) is 2.98. The summed E-state index contributed by atoms with van der Waals surface area (Å²) in [7, 11) is 0. The minimum absolute atomic E-state index is 0.0108. The Bertz CT molecular complexity index is 815. The molecule has 32 heavy (non-hydrogen) atoms. The van der Waals surface area contributed by atoms with Gasteiger partial charge >= 0.3 is 0 Å². The van der Waals surface area contributed by atoms with E-state index in [2.05, 4.69) is 61.5 Å². The van der Waals surface area contributed by atoms with E-state index in [-0.39, 0.29) is 27.9 Å². The molecule has 4 aliphatic carbocycles. The van der Waals surface area contributed by atoms with E-state index in [0.717, 1.165) is 24.2 Å². The molecule has 0 aliphatic heterocycles. The van der Waals surface area contributed by atoms with E-state index in [0.29, 0.717) is 30.0 Å². The molecule has 4 rings (SSSR count). The van der Waals surface area contributed by atoms with Gasteiger partial charge < -0.3 is 0 Å². The number of hydrogen-bond donors (Lipinski definition) is 0. The molecule has 0 N–H and O–H groups in total. The molecule has 0 bridgehead atoms. The molecular weight excluding hydrogens is 392 g/mol. The number of hydrogen-bond acceptors (Lipinski definition) is 2. The van der Waals surface area contributed by atoms with Crippen molar-refractivity contribution in [2.24, 2.45) is 51.2 Å². The minimum Gasteiger partial charge on any atom is -0.300 e. The van der Waals surface area contributed by atoms with Crippen LogP contribution in [0, 0.1) is 51.2 Å². The van der Waals surface area contributed by atoms with Gasteiger partial charge in [-0.3, -0.25) is 9.59 Å². The predicted molar refractivity (Wildman–Crippen MR) is 132 cm³/mol. The standard InChI is InChI=1S/C30H48O2/c1-19(9-13-27(3,4)5)20(2)22-11-15-30(8)24-18-26(32)25-17-21(31)10-14-28(25,6)23(24)12-16-29(22,30)7/h18-20,22-23,25H,9-17H2,1-8H3/t19-,20-,22-,23?,25+,28-,29-,30+/m1/s1. The fourth-order valence-corrected chi connectivity index (χ4v) is 8.73. The van der Waals surface area contributed by atoms with Gasteiger partial charge in [-0.1, -0.05) is 61.0 Å². The maximum Gasteiger partial charge on any atom is 0.159 e. The largest absolute Gasteiger partial charge is 0.300 e. The Kier molecular flexibility index (Phi) is 5.91. The third kappa shape index (κ3) is 3.58. The first kappa shape index (κ1) is 24.2. The van der Waals surface area contributed by atoms with E-state index in [1.165, 1.54) is 44.1 Å². The molecule has 1 unspecified atom stereocenters. The van der Waals surface area contributed by atoms with Crippen LogP contribution in [-0.4, -0.2) is 11.6 Å². The molecule has 4 aliphatic rings. The highest BCUT2D eigenvalue weighted by molar-refractivity contribution is 5.98. The molecule has 2 heteroatoms. The zero-order chi connectivity index (χ0) is 23.7. The molecule has 0 aromatic rings. The third-order valence-corrected chi connectivity index (χ3v) is 11.5. The van der Waals surface area contributed by atoms with Gasteiger partial charge in [0.2, 0.25) is 0 Å². The number of rotatable bonds is 4. The van der Waals surface area contributed by atoms with Gasteiger partial charge in [0.15, 0.2) is 5.78 Å². The van der Waals surface area contributed by atoms with E-state index < -0.39 is 0 Å². The predicted octanol–water partition coefficient (Wildman–Crippen LogP) is 7.80. The maximum atomic E-state index is 13.3. The van der Waals surface area contributed by atoms with E-state index in [1.807, 2.05) is 0 Å². The van der Waals surface area contributed by atoms with Crippen LogP contribution in [-0.2, 0) is 9.59 Å². The smallest absolute Gasteiger partial charge is 0.159 e. The van der Waals surface area contributed by atoms with Gasteiger partial charge in [-0.2, -0.15) is 0 Å². The van der Waals surface area contributed by atoms with Crippen molar-refractivity contribution in [3.63, 3.8) is 0 Å². The van der Waals surface area contributed by atoms with Crippen LogP contribution >= 0.6 is 0 Å². The lowest BCUT2D eigenvalue weighted by Crippen LogP contribution is -2.55. The summed E-state index contributed by atoms with van der Waals surface area (Å²) in [5, 5.41) is 0. The van der Waals surface area contributed by atoms with Gasteiger partial charge in [-0.15, -0.1) is 0 Å². The lowest BCUT2D eigenvalue weighted by atomic mass is 9.43. The lowest BCUT2D eigenvalue weighted by Gasteiger charge is -2.60. The first-order valence-electron chi connectivity index (χ1n) is 13.5. The quantitative estimate of drug-likeness (QED) is 0.447. The van der Waals surface area contributed by atoms with E-state index >= 15 is 0 Å². The third-order valence-electron chi connectivity index (χ3n) is 11.5. The summed E-state index contributed by atoms with van der Waals surface area (Å²) in [5.74, 6) is 3.16. The Hall–Kier alpha value is -0.920. The summed E-state index contributed by atoms with van der Waals surface area (Å²) in [5.41, 5.74) is 2.27. The molecule has 0 radical (unpaired) electrons. The van der Waals surface area contributed by atoms with Gasteiger partial charge in [-0.25, -0.2) is 0 Å². The van der Waals surface area contributed by atoms with Crippen molar-refractivity contribution >= 4 is 11.6 Å². The maximum absolute atomic E-state index is 13.3. The highest BCUT2D eigenvalue weighted by atomic mass is 16.1. The van der Waals surface area contributed by atoms with Crippen LogP contribution in [0.5, 0.6) is 0 Å². The Labute approximate surface area is 197 Å². The fraction of sp³-hybridized carbons (Fsp3) is 0.867. The van der Waals surface area contributed by atoms with E-state index in [9.17, 15) is 9.59 Å². The first-order valence-corrected chi connectivity index (χ1v) is 13.5. The SMILES string of the molecule is C[C@H]([C@H](C)CCC(C)(C)C)[C@H]1CC[C@@]2(C)C3=CC(=O)[C@@H]4CC(=O)CC[C@]4(C)C3CC[C@]12C. The zero-order valence-electron chi connectivity index (χ0n) is 22.1. The summed E-state index contributed by atoms with van der Waals surface area (Å²) >= 11 is 0. The minimum atomic E-state index is -0.0704. The molecule has 0 aromatic heterocycles. The van der Waals surface area contributed by atoms with Crippen molar-refractivity contribution in [2.75, 3.05) is 0 Å². The average molecular weight is 441 g/mol. The molecule has 180 valence electrons. The molecule has 2 nitrogen and oxygen atoms in total. The lowest BCUT2D eigenvalue weighted by molar-refractivity contribution is -0.139. The van der Waals surface area contributed by atoms with Crippen LogP contribution < -0.4 is 0 Å². The Balaban J connectivity index is 1.62. The van der Waals surface area contributed by atoms with Gasteiger partial charge in [0.05, 0.1) is 0 Å². The second-order valence-electron chi connectivity index (χ2n) is 14.2. The summed E-state index contributed by atoms with van der Waals surface area (Å²) in [6.45, 7) is 19.5. The first-order chi connectivity index (χ1) is 14.7. The molecular formula is C30H48O2. The normalized spacial score (nSPS) is 43.8. The van der Waals surface area contributed by atoms with Gasteiger partial charge in [0.25, 0.3) is 0 Å². The van der Waals surface area contributed by atoms with Gasteiger partial charge in [0, 0.05) is 18.8 Å². The summed E-state index contributed by atoms with van der Waals surface area (Å²) in [6.07, 6.45) is 11.7. The molecule has 8 atom stereocenters. The van der Waals surface area contributed by atoms with Crippen LogP contribution in [0.1, 0.15) is 113 Å². The summed E-state index contributed by atoms with van der Waals surface area (Å²) < 4.78 is 0. The molecule has 0 aromatic carbocycles. The Morgan fingerprint density at radius 3 is 2.34 bits per heavy atom. The molecule has 3 saturated carbocycles. The Morgan fingerprint density at radius 2 is 1.69 bits per heavy atom. The van der Waals surface area contributed by atoms with Crippen LogP contribution in [0.25, 0.3) is 0 Å². The van der Waals surface area contributed by atoms with Crippen molar-refractivity contribution in [1.82, 2.24) is 0 Å². The molecule has 0 saturated heterocycles. The van der Waals surface area contributed by atoms with Crippen molar-refractivity contribution in [2.45, 2.75) is 113 Å².